The molecule has 6 heteroatoms. The average Bonchev–Trinajstić information content (AvgIpc) is 2.18. The Hall–Kier alpha value is 0.150. The third-order valence-corrected chi connectivity index (χ3v) is 2.62. The molecule has 5 nitrogen and oxygen atoms in total. The lowest BCUT2D eigenvalue weighted by Gasteiger charge is -2.40. The zero-order chi connectivity index (χ0) is 10.7. The van der Waals surface area contributed by atoms with Crippen LogP contribution in [-0.2, 0) is 9.47 Å². The topological polar surface area (TPSA) is 79.2 Å². The monoisotopic (exact) mass is 224 g/mol. The van der Waals surface area contributed by atoms with Crippen LogP contribution in [0.15, 0.2) is 0 Å². The van der Waals surface area contributed by atoms with Gasteiger partial charge in [0.1, 0.15) is 29.9 Å². The van der Waals surface area contributed by atoms with Gasteiger partial charge in [-0.25, -0.2) is 0 Å². The molecule has 1 aliphatic heterocycles. The molecule has 1 heterocycles. The summed E-state index contributed by atoms with van der Waals surface area (Å²) in [6.07, 6.45) is -3.69. The third-order valence-electron chi connectivity index (χ3n) is 2.20. The molecule has 0 radical (unpaired) electrons. The Kier molecular flexibility index (Phi) is 4.62. The van der Waals surface area contributed by atoms with E-state index < -0.39 is 29.9 Å². The molecule has 3 N–H and O–H groups in total. The van der Waals surface area contributed by atoms with Crippen molar-refractivity contribution in [2.45, 2.75) is 36.8 Å². The van der Waals surface area contributed by atoms with Gasteiger partial charge in [0.25, 0.3) is 0 Å². The minimum Gasteiger partial charge on any atom is -0.394 e. The number of thiol groups is 1. The number of hydrogen-bond acceptors (Lipinski definition) is 6. The summed E-state index contributed by atoms with van der Waals surface area (Å²) in [6, 6.07) is 0. The van der Waals surface area contributed by atoms with Crippen molar-refractivity contribution in [2.24, 2.45) is 0 Å². The van der Waals surface area contributed by atoms with Gasteiger partial charge in [0.15, 0.2) is 0 Å². The fourth-order valence-electron chi connectivity index (χ4n) is 1.44. The summed E-state index contributed by atoms with van der Waals surface area (Å²) >= 11 is 4.07. The molecule has 0 saturated carbocycles. The number of rotatable bonds is 3. The highest BCUT2D eigenvalue weighted by Crippen LogP contribution is 2.25. The third kappa shape index (κ3) is 2.39. The molecule has 0 aromatic heterocycles. The quantitative estimate of drug-likeness (QED) is 0.451. The minimum atomic E-state index is -1.14. The summed E-state index contributed by atoms with van der Waals surface area (Å²) in [7, 11) is 0. The van der Waals surface area contributed by atoms with Crippen molar-refractivity contribution in [3.63, 3.8) is 0 Å². The Morgan fingerprint density at radius 2 is 2.00 bits per heavy atom. The highest BCUT2D eigenvalue weighted by molar-refractivity contribution is 7.80. The number of aliphatic hydroxyl groups excluding tert-OH is 3. The van der Waals surface area contributed by atoms with Gasteiger partial charge in [0.05, 0.1) is 6.61 Å². The molecular weight excluding hydrogens is 208 g/mol. The second kappa shape index (κ2) is 5.29. The molecule has 1 saturated heterocycles. The van der Waals surface area contributed by atoms with E-state index in [-0.39, 0.29) is 6.61 Å². The van der Waals surface area contributed by atoms with Crippen LogP contribution in [0.3, 0.4) is 0 Å². The molecule has 0 unspecified atom stereocenters. The van der Waals surface area contributed by atoms with Gasteiger partial charge in [-0.3, -0.25) is 0 Å². The zero-order valence-corrected chi connectivity index (χ0v) is 8.80. The number of ether oxygens (including phenoxy) is 2. The Morgan fingerprint density at radius 1 is 1.36 bits per heavy atom. The molecule has 0 amide bonds. The normalized spacial score (nSPS) is 43.9. The van der Waals surface area contributed by atoms with E-state index in [2.05, 4.69) is 12.6 Å². The Bertz CT molecular complexity index is 179. The molecular formula is C8H16O5S. The fourth-order valence-corrected chi connectivity index (χ4v) is 1.86. The van der Waals surface area contributed by atoms with E-state index in [4.69, 9.17) is 14.6 Å². The van der Waals surface area contributed by atoms with Gasteiger partial charge in [0, 0.05) is 6.61 Å². The van der Waals surface area contributed by atoms with Crippen LogP contribution in [0, 0.1) is 0 Å². The van der Waals surface area contributed by atoms with Crippen molar-refractivity contribution < 1.29 is 24.8 Å². The van der Waals surface area contributed by atoms with Gasteiger partial charge in [-0.05, 0) is 6.92 Å². The second-order valence-corrected chi connectivity index (χ2v) is 3.66. The molecule has 0 aromatic carbocycles. The van der Waals surface area contributed by atoms with Crippen LogP contribution >= 0.6 is 12.6 Å². The van der Waals surface area contributed by atoms with E-state index in [9.17, 15) is 10.2 Å². The highest BCUT2D eigenvalue weighted by Gasteiger charge is 2.43. The molecule has 0 aromatic rings. The van der Waals surface area contributed by atoms with E-state index in [1.54, 1.807) is 6.92 Å². The fraction of sp³-hybridized carbons (Fsp3) is 1.00. The Labute approximate surface area is 88.1 Å². The predicted molar refractivity (Wildman–Crippen MR) is 52.2 cm³/mol. The van der Waals surface area contributed by atoms with E-state index >= 15 is 0 Å². The molecule has 5 atom stereocenters. The zero-order valence-electron chi connectivity index (χ0n) is 7.91. The first-order valence-corrected chi connectivity index (χ1v) is 5.05. The van der Waals surface area contributed by atoms with Crippen LogP contribution < -0.4 is 0 Å². The van der Waals surface area contributed by atoms with Crippen LogP contribution in [0.1, 0.15) is 6.92 Å². The molecule has 1 rings (SSSR count). The Morgan fingerprint density at radius 3 is 2.50 bits per heavy atom. The Balaban J connectivity index is 2.63. The summed E-state index contributed by atoms with van der Waals surface area (Å²) in [4.78, 5) is 0. The molecule has 84 valence electrons. The maximum absolute atomic E-state index is 9.63. The van der Waals surface area contributed by atoms with Gasteiger partial charge in [0.2, 0.25) is 0 Å². The number of aliphatic hydroxyl groups is 3. The van der Waals surface area contributed by atoms with E-state index in [0.717, 1.165) is 0 Å². The van der Waals surface area contributed by atoms with E-state index in [1.807, 2.05) is 0 Å². The standard InChI is InChI=1S/C8H16O5S/c1-2-12-7-6(11)5(10)4(3-9)13-8(7)14/h4-11,14H,2-3H2,1H3/t4-,5-,6+,7+,8+/m1/s1. The summed E-state index contributed by atoms with van der Waals surface area (Å²) < 4.78 is 10.3. The van der Waals surface area contributed by atoms with Gasteiger partial charge >= 0.3 is 0 Å². The van der Waals surface area contributed by atoms with E-state index in [0.29, 0.717) is 6.61 Å². The second-order valence-electron chi connectivity index (χ2n) is 3.15. The van der Waals surface area contributed by atoms with E-state index in [1.165, 1.54) is 0 Å². The van der Waals surface area contributed by atoms with Gasteiger partial charge < -0.3 is 24.8 Å². The van der Waals surface area contributed by atoms with Crippen molar-refractivity contribution in [1.82, 2.24) is 0 Å². The molecule has 0 aliphatic carbocycles. The van der Waals surface area contributed by atoms with Crippen LogP contribution in [0.5, 0.6) is 0 Å². The lowest BCUT2D eigenvalue weighted by atomic mass is 10.0. The first-order chi connectivity index (χ1) is 6.61. The molecule has 14 heavy (non-hydrogen) atoms. The molecule has 1 fully saturated rings. The summed E-state index contributed by atoms with van der Waals surface area (Å²) in [5.74, 6) is 0. The van der Waals surface area contributed by atoms with Gasteiger partial charge in [-0.2, -0.15) is 0 Å². The van der Waals surface area contributed by atoms with Gasteiger partial charge in [-0.15, -0.1) is 12.6 Å². The highest BCUT2D eigenvalue weighted by atomic mass is 32.1. The van der Waals surface area contributed by atoms with Crippen LogP contribution in [0.25, 0.3) is 0 Å². The average molecular weight is 224 g/mol. The largest absolute Gasteiger partial charge is 0.394 e. The van der Waals surface area contributed by atoms with Crippen LogP contribution in [0.2, 0.25) is 0 Å². The molecule has 0 spiro atoms. The summed E-state index contributed by atoms with van der Waals surface area (Å²) in [5, 5.41) is 28.0. The van der Waals surface area contributed by atoms with Crippen molar-refractivity contribution in [2.75, 3.05) is 13.2 Å². The number of hydrogen-bond donors (Lipinski definition) is 4. The summed E-state index contributed by atoms with van der Waals surface area (Å²) in [6.45, 7) is 1.82. The summed E-state index contributed by atoms with van der Waals surface area (Å²) in [5.41, 5.74) is -0.634. The first kappa shape index (κ1) is 12.2. The SMILES string of the molecule is CCO[C@H]1[C@@H](O)[C@H](O)[C@@H](CO)O[C@H]1S. The smallest absolute Gasteiger partial charge is 0.129 e. The predicted octanol–water partition coefficient (Wildman–Crippen LogP) is -1.24. The van der Waals surface area contributed by atoms with Crippen LogP contribution in [-0.4, -0.2) is 58.4 Å². The maximum Gasteiger partial charge on any atom is 0.129 e. The molecule has 0 bridgehead atoms. The molecule has 1 aliphatic rings. The minimum absolute atomic E-state index is 0.353. The first-order valence-electron chi connectivity index (χ1n) is 4.54. The maximum atomic E-state index is 9.63. The van der Waals surface area contributed by atoms with Crippen molar-refractivity contribution in [3.8, 4) is 0 Å². The van der Waals surface area contributed by atoms with Crippen molar-refractivity contribution >= 4 is 12.6 Å². The van der Waals surface area contributed by atoms with Gasteiger partial charge in [-0.1, -0.05) is 0 Å². The van der Waals surface area contributed by atoms with Crippen LogP contribution in [0.4, 0.5) is 0 Å². The van der Waals surface area contributed by atoms with Crippen molar-refractivity contribution in [3.05, 3.63) is 0 Å². The van der Waals surface area contributed by atoms with Crippen molar-refractivity contribution in [1.29, 1.82) is 0 Å². The lowest BCUT2D eigenvalue weighted by Crippen LogP contribution is -2.57. The lowest BCUT2D eigenvalue weighted by molar-refractivity contribution is -0.217.